The van der Waals surface area contributed by atoms with Crippen LogP contribution >= 0.6 is 0 Å². The van der Waals surface area contributed by atoms with Gasteiger partial charge in [-0.15, -0.1) is 0 Å². The van der Waals surface area contributed by atoms with Crippen molar-refractivity contribution in [1.82, 2.24) is 0 Å². The summed E-state index contributed by atoms with van der Waals surface area (Å²) in [5, 5.41) is -13.8. The van der Waals surface area contributed by atoms with Crippen molar-refractivity contribution in [3.63, 3.8) is 0 Å². The second-order valence-corrected chi connectivity index (χ2v) is 23.5. The minimum Gasteiger partial charge on any atom is -0.0622 e. The molecule has 0 aliphatic rings. The maximum absolute atomic E-state index is 10.0. The fourth-order valence-corrected chi connectivity index (χ4v) is 12.6. The summed E-state index contributed by atoms with van der Waals surface area (Å²) in [4.78, 5) is 0. The minimum absolute atomic E-state index is 0.567. The lowest BCUT2D eigenvalue weighted by Crippen LogP contribution is -1.92. The van der Waals surface area contributed by atoms with E-state index in [-0.39, 0.29) is 0 Å². The molecule has 0 atom stereocenters. The van der Waals surface area contributed by atoms with Crippen LogP contribution in [0.15, 0.2) is 447 Å². The van der Waals surface area contributed by atoms with Crippen molar-refractivity contribution in [3.05, 3.63) is 447 Å². The Bertz CT molecular complexity index is 12000. The molecule has 0 aliphatic heterocycles. The average molecular weight is 1490 g/mol. The lowest BCUT2D eigenvalue weighted by molar-refractivity contribution is 1.63. The SMILES string of the molecule is [2H]c1c([2H])c([2H])c(-c2c([2H])c([2H])c3c(-c4c([2H])c([2H])c([2H])c([2H])c4[2H])c4c([2H])c([2H])c([2H])c([2H])c4c(-c4c([2H])c([2H])c5c([2H])c([2H])c([2H])c([2H])c5c4[2H])c3c2[2H])c([2H])c1[2H].[2H]c1c([2H])c([2H])c(-c2c([2H])c([2H])c3c(-c4c([2H])c([2H])c5c([2H])c([2H])c([2H])c([2H])c5c4[2H])c4c([2H])c([2H])c([2H])c([2H])c4c(-c4c([2H])c([2H])c([2H])c([2H])c4[2H])c3c2[2H])c([2H])c1[2H].[2H]c1c([2H])c([2H])c(-c2c3c([2H])c([2H])c([2H])c([2H])c3c(-c3c([2H])c([2H])c4c([2H])c([2H])c([2H])c([2H])c4c3[2H])c3c([2H])c(-c4c([2H])c([2H])c([2H])c5c([2H])c([2H])c([2H])c([2H])c45)c([2H])c([2H])c23)c([2H])c1[2H]. The molecular formula is C112H74. The summed E-state index contributed by atoms with van der Waals surface area (Å²) >= 11 is 0. The molecular weight excluding hydrogens is 1350 g/mol. The van der Waals surface area contributed by atoms with E-state index in [2.05, 4.69) is 0 Å². The van der Waals surface area contributed by atoms with E-state index in [1.807, 2.05) is 0 Å². The molecule has 0 amide bonds. The smallest absolute Gasteiger partial charge is 0.0622 e. The van der Waals surface area contributed by atoms with Gasteiger partial charge in [-0.25, -0.2) is 0 Å². The number of hydrogen-bond donors (Lipinski definition) is 0. The predicted octanol–water partition coefficient (Wildman–Crippen LogP) is 31.6. The first kappa shape index (κ1) is 25.0. The van der Waals surface area contributed by atoms with Crippen molar-refractivity contribution in [3.8, 4) is 100 Å². The monoisotopic (exact) mass is 1490 g/mol. The van der Waals surface area contributed by atoms with Gasteiger partial charge in [-0.2, -0.15) is 0 Å². The second-order valence-electron chi connectivity index (χ2n) is 23.5. The van der Waals surface area contributed by atoms with E-state index < -0.39 is 655 Å². The predicted molar refractivity (Wildman–Crippen MR) is 483 cm³/mol. The molecule has 112 heavy (non-hydrogen) atoms. The van der Waals surface area contributed by atoms with Gasteiger partial charge in [0.15, 0.2) is 0 Å². The molecule has 522 valence electrons. The molecule has 0 nitrogen and oxygen atoms in total. The van der Waals surface area contributed by atoms with Crippen LogP contribution in [0, 0.1) is 0 Å². The molecule has 0 fully saturated rings. The Morgan fingerprint density at radius 1 is 0.107 bits per heavy atom. The molecule has 22 aromatic rings. The van der Waals surface area contributed by atoms with Crippen LogP contribution in [0.1, 0.15) is 101 Å². The molecule has 0 radical (unpaired) electrons. The van der Waals surface area contributed by atoms with Crippen LogP contribution in [0.25, 0.3) is 208 Å². The fraction of sp³-hybridized carbons (Fsp3) is 0. The van der Waals surface area contributed by atoms with Gasteiger partial charge in [0.2, 0.25) is 0 Å². The van der Waals surface area contributed by atoms with Crippen molar-refractivity contribution in [2.75, 3.05) is 0 Å². The zero-order valence-corrected chi connectivity index (χ0v) is 56.0. The summed E-state index contributed by atoms with van der Waals surface area (Å²) in [7, 11) is 0. The van der Waals surface area contributed by atoms with Crippen LogP contribution in [-0.4, -0.2) is 0 Å². The van der Waals surface area contributed by atoms with Crippen LogP contribution in [-0.2, 0) is 0 Å². The van der Waals surface area contributed by atoms with Crippen LogP contribution in [0.5, 0.6) is 0 Å². The largest absolute Gasteiger partial charge is 0.0636 e. The summed E-state index contributed by atoms with van der Waals surface area (Å²) in [6.07, 6.45) is 0. The molecule has 0 aromatic heterocycles. The van der Waals surface area contributed by atoms with E-state index in [9.17, 15) is 28.8 Å². The maximum Gasteiger partial charge on any atom is 0.0636 e. The van der Waals surface area contributed by atoms with E-state index in [4.69, 9.17) is 72.7 Å². The highest BCUT2D eigenvalue weighted by molar-refractivity contribution is 6.26. The average Bonchev–Trinajstić information content (AvgIpc) is 0.627. The molecule has 0 bridgehead atoms. The van der Waals surface area contributed by atoms with E-state index in [1.165, 1.54) is 0 Å². The van der Waals surface area contributed by atoms with Crippen LogP contribution in [0.3, 0.4) is 0 Å². The van der Waals surface area contributed by atoms with Gasteiger partial charge in [-0.05, 0) is 244 Å². The summed E-state index contributed by atoms with van der Waals surface area (Å²) in [6, 6.07) is -68.9. The normalized spacial score (nSPS) is 20.6. The lowest BCUT2D eigenvalue weighted by atomic mass is 9.84. The second kappa shape index (κ2) is 29.2. The third kappa shape index (κ3) is 12.4. The number of fused-ring (bicyclic) bond motifs is 10. The highest BCUT2D eigenvalue weighted by Gasteiger charge is 2.23. The van der Waals surface area contributed by atoms with Gasteiger partial charge in [0.1, 0.15) is 0 Å². The van der Waals surface area contributed by atoms with Gasteiger partial charge in [0.05, 0.1) is 101 Å². The Balaban J connectivity index is 0.000000162. The summed E-state index contributed by atoms with van der Waals surface area (Å²) in [5.74, 6) is 0. The molecule has 0 saturated heterocycles. The lowest BCUT2D eigenvalue weighted by Gasteiger charge is -2.19. The molecule has 0 unspecified atom stereocenters. The summed E-state index contributed by atoms with van der Waals surface area (Å²) < 4.78 is 653. The fourth-order valence-electron chi connectivity index (χ4n) is 12.6. The van der Waals surface area contributed by atoms with Gasteiger partial charge < -0.3 is 0 Å². The van der Waals surface area contributed by atoms with Crippen molar-refractivity contribution in [2.45, 2.75) is 0 Å². The van der Waals surface area contributed by atoms with Crippen LogP contribution < -0.4 is 0 Å². The van der Waals surface area contributed by atoms with Crippen LogP contribution in [0.2, 0.25) is 0 Å². The van der Waals surface area contributed by atoms with Crippen molar-refractivity contribution < 1.29 is 101 Å². The van der Waals surface area contributed by atoms with Gasteiger partial charge in [-0.3, -0.25) is 0 Å². The zero-order valence-electron chi connectivity index (χ0n) is 130. The number of hydrogen-bond acceptors (Lipinski definition) is 0. The van der Waals surface area contributed by atoms with Crippen LogP contribution in [0.4, 0.5) is 0 Å². The number of benzene rings is 22. The molecule has 0 N–H and O–H groups in total. The van der Waals surface area contributed by atoms with E-state index in [0.717, 1.165) is 0 Å². The first-order chi connectivity index (χ1) is 86.4. The van der Waals surface area contributed by atoms with Gasteiger partial charge in [0.25, 0.3) is 0 Å². The van der Waals surface area contributed by atoms with E-state index in [0.29, 0.717) is 0 Å². The zero-order chi connectivity index (χ0) is 139. The third-order valence-corrected chi connectivity index (χ3v) is 17.3. The topological polar surface area (TPSA) is 0 Å². The maximum atomic E-state index is 10.0. The Labute approximate surface area is 756 Å². The first-order valence-corrected chi connectivity index (χ1v) is 32.8. The van der Waals surface area contributed by atoms with Crippen molar-refractivity contribution >= 4 is 108 Å². The van der Waals surface area contributed by atoms with Gasteiger partial charge in [-0.1, -0.05) is 411 Å². The Morgan fingerprint density at radius 3 is 0.679 bits per heavy atom. The van der Waals surface area contributed by atoms with E-state index in [1.54, 1.807) is 0 Å². The molecule has 22 aromatic carbocycles. The Hall–Kier alpha value is -14.6. The van der Waals surface area contributed by atoms with Gasteiger partial charge in [0, 0.05) is 0 Å². The summed E-state index contributed by atoms with van der Waals surface area (Å²) in [5.41, 5.74) is -13.9. The molecule has 0 heterocycles. The van der Waals surface area contributed by atoms with Gasteiger partial charge >= 0.3 is 0 Å². The Kier molecular flexibility index (Phi) is 6.52. The quantitative estimate of drug-likeness (QED) is 0.126. The molecule has 22 rings (SSSR count). The molecule has 0 aliphatic carbocycles. The minimum atomic E-state index is -1.07. The first-order valence-electron chi connectivity index (χ1n) is 69.8. The standard InChI is InChI=1S/C40H26.2C36H24/c1-2-13-29(14-3-1)39-35-18-8-9-19-36(35)40(32-22-21-27-11-4-5-15-30(27)25-32)38-26-31(23-24-37(38)39)34-20-10-16-28-12-6-7-17-33(28)34;1-3-11-25(12-4-1)29-21-22-33-34(24-29)35(27-14-5-2-6-15-27)31-17-9-10-18-32(31)36(33)30-20-19-26-13-7-8-16-28(26)23-30;1-3-11-25(12-4-1)29-21-22-33-34(24-29)36(30-20-19-26-13-7-8-16-28(26)23-30)32-18-10-9-17-31(32)35(33)27-14-5-2-6-15-27/h1-26H;2*1-24H/i1D,2D,3D,4D,5D,6D,7D,8D,9D,10D,11D,12D,13D,14D,15D,16D,17D,18D,19D,20D,21D,22D,23D,24D,25D,26D;2*1D,2D,3D,4D,5D,6D,7D,8D,9D,10D,11D,12D,13D,14D,15D,16D,17D,18D,19D,20D,21D,22D,23D,24D. The molecule has 0 spiro atoms. The van der Waals surface area contributed by atoms with E-state index >= 15 is 0 Å². The van der Waals surface area contributed by atoms with Crippen molar-refractivity contribution in [1.29, 1.82) is 0 Å². The van der Waals surface area contributed by atoms with Crippen molar-refractivity contribution in [2.24, 2.45) is 0 Å². The molecule has 0 saturated carbocycles. The highest BCUT2D eigenvalue weighted by atomic mass is 14.3. The molecule has 0 heteroatoms. The number of rotatable bonds is 9. The third-order valence-electron chi connectivity index (χ3n) is 17.3. The Morgan fingerprint density at radius 2 is 0.330 bits per heavy atom. The summed E-state index contributed by atoms with van der Waals surface area (Å²) in [6.45, 7) is 0. The highest BCUT2D eigenvalue weighted by Crippen LogP contribution is 2.50.